The van der Waals surface area contributed by atoms with Gasteiger partial charge >= 0.3 is 0 Å². The third-order valence-electron chi connectivity index (χ3n) is 5.79. The highest BCUT2D eigenvalue weighted by Crippen LogP contribution is 2.26. The predicted molar refractivity (Wildman–Crippen MR) is 117 cm³/mol. The normalized spacial score (nSPS) is 19.5. The summed E-state index contributed by atoms with van der Waals surface area (Å²) in [5.41, 5.74) is 1.10. The van der Waals surface area contributed by atoms with Crippen LogP contribution in [-0.2, 0) is 6.54 Å². The van der Waals surface area contributed by atoms with E-state index in [4.69, 9.17) is 9.73 Å². The first-order valence-electron chi connectivity index (χ1n) is 10.9. The van der Waals surface area contributed by atoms with Gasteiger partial charge in [0.2, 0.25) is 0 Å². The number of hydrogen-bond acceptors (Lipinski definition) is 3. The molecule has 2 N–H and O–H groups in total. The number of aliphatic imine (C=N–C) groups is 1. The minimum atomic E-state index is 0.503. The molecule has 1 aromatic rings. The van der Waals surface area contributed by atoms with E-state index in [-0.39, 0.29) is 0 Å². The van der Waals surface area contributed by atoms with E-state index in [2.05, 4.69) is 35.1 Å². The fourth-order valence-corrected chi connectivity index (χ4v) is 4.28. The van der Waals surface area contributed by atoms with Crippen LogP contribution in [0.1, 0.15) is 51.0 Å². The van der Waals surface area contributed by atoms with Gasteiger partial charge in [0.25, 0.3) is 0 Å². The predicted octanol–water partition coefficient (Wildman–Crippen LogP) is 3.71. The summed E-state index contributed by atoms with van der Waals surface area (Å²) in [5, 5.41) is 7.05. The Hall–Kier alpha value is -2.01. The summed E-state index contributed by atoms with van der Waals surface area (Å²) >= 11 is 0. The zero-order valence-corrected chi connectivity index (χ0v) is 17.3. The Morgan fingerprint density at radius 2 is 1.96 bits per heavy atom. The maximum absolute atomic E-state index is 5.76. The van der Waals surface area contributed by atoms with Gasteiger partial charge in [0.1, 0.15) is 12.4 Å². The van der Waals surface area contributed by atoms with Crippen LogP contribution in [-0.4, -0.2) is 49.2 Å². The lowest BCUT2D eigenvalue weighted by molar-refractivity contribution is 0.150. The lowest BCUT2D eigenvalue weighted by Gasteiger charge is -2.36. The number of hydrogen-bond donors (Lipinski definition) is 2. The largest absolute Gasteiger partial charge is 0.489 e. The zero-order chi connectivity index (χ0) is 19.6. The summed E-state index contributed by atoms with van der Waals surface area (Å²) in [6, 6.07) is 9.44. The standard InChI is InChI=1S/C23H36N4O/c1-3-17-28-22-12-8-5-9-19(22)18-25-23(24-4-2)26-20-13-15-27(16-14-20)21-10-6-7-11-21/h3,5,8-9,12,20-21H,1,4,6-7,10-11,13-18H2,2H3,(H2,24,25,26). The number of para-hydroxylation sites is 1. The van der Waals surface area contributed by atoms with Gasteiger partial charge in [-0.2, -0.15) is 0 Å². The average Bonchev–Trinajstić information content (AvgIpc) is 3.27. The van der Waals surface area contributed by atoms with Gasteiger partial charge in [-0.1, -0.05) is 43.7 Å². The first kappa shape index (κ1) is 20.7. The molecule has 3 rings (SSSR count). The highest BCUT2D eigenvalue weighted by Gasteiger charge is 2.27. The Labute approximate surface area is 170 Å². The summed E-state index contributed by atoms with van der Waals surface area (Å²) < 4.78 is 5.76. The van der Waals surface area contributed by atoms with E-state index < -0.39 is 0 Å². The van der Waals surface area contributed by atoms with Crippen molar-refractivity contribution in [3.63, 3.8) is 0 Å². The number of guanidine groups is 1. The van der Waals surface area contributed by atoms with Crippen molar-refractivity contribution in [3.8, 4) is 5.75 Å². The topological polar surface area (TPSA) is 48.9 Å². The molecule has 0 bridgehead atoms. The van der Waals surface area contributed by atoms with Gasteiger partial charge in [0.15, 0.2) is 5.96 Å². The fraction of sp³-hybridized carbons (Fsp3) is 0.609. The molecule has 0 radical (unpaired) electrons. The van der Waals surface area contributed by atoms with Crippen LogP contribution in [0.3, 0.4) is 0 Å². The molecule has 1 heterocycles. The van der Waals surface area contributed by atoms with Crippen LogP contribution in [0, 0.1) is 0 Å². The molecule has 2 aliphatic rings. The molecule has 2 fully saturated rings. The number of ether oxygens (including phenoxy) is 1. The second-order valence-corrected chi connectivity index (χ2v) is 7.80. The van der Waals surface area contributed by atoms with Crippen molar-refractivity contribution in [2.45, 2.75) is 64.1 Å². The molecular weight excluding hydrogens is 348 g/mol. The van der Waals surface area contributed by atoms with Crippen molar-refractivity contribution in [1.29, 1.82) is 0 Å². The summed E-state index contributed by atoms with van der Waals surface area (Å²) in [5.74, 6) is 1.78. The van der Waals surface area contributed by atoms with Gasteiger partial charge in [-0.25, -0.2) is 4.99 Å². The highest BCUT2D eigenvalue weighted by molar-refractivity contribution is 5.80. The van der Waals surface area contributed by atoms with Crippen LogP contribution in [0.5, 0.6) is 5.75 Å². The summed E-state index contributed by atoms with van der Waals surface area (Å²) in [6.45, 7) is 10.2. The Morgan fingerprint density at radius 1 is 1.21 bits per heavy atom. The minimum Gasteiger partial charge on any atom is -0.489 e. The lowest BCUT2D eigenvalue weighted by Crippen LogP contribution is -2.50. The molecule has 0 spiro atoms. The Balaban J connectivity index is 1.54. The highest BCUT2D eigenvalue weighted by atomic mass is 16.5. The first-order valence-corrected chi connectivity index (χ1v) is 10.9. The Kier molecular flexibility index (Phi) is 8.22. The maximum atomic E-state index is 5.76. The maximum Gasteiger partial charge on any atom is 0.191 e. The van der Waals surface area contributed by atoms with Crippen molar-refractivity contribution < 1.29 is 4.74 Å². The van der Waals surface area contributed by atoms with Gasteiger partial charge in [0.05, 0.1) is 6.54 Å². The van der Waals surface area contributed by atoms with Gasteiger partial charge < -0.3 is 20.3 Å². The molecule has 1 aromatic carbocycles. The van der Waals surface area contributed by atoms with E-state index in [1.54, 1.807) is 6.08 Å². The van der Waals surface area contributed by atoms with Gasteiger partial charge in [-0.05, 0) is 38.7 Å². The molecule has 154 valence electrons. The number of piperidine rings is 1. The number of likely N-dealkylation sites (tertiary alicyclic amines) is 1. The van der Waals surface area contributed by atoms with Crippen molar-refractivity contribution in [2.75, 3.05) is 26.2 Å². The minimum absolute atomic E-state index is 0.503. The molecule has 1 aliphatic heterocycles. The van der Waals surface area contributed by atoms with Crippen LogP contribution in [0.25, 0.3) is 0 Å². The van der Waals surface area contributed by atoms with Gasteiger partial charge in [-0.3, -0.25) is 0 Å². The lowest BCUT2D eigenvalue weighted by atomic mass is 10.0. The van der Waals surface area contributed by atoms with Crippen LogP contribution < -0.4 is 15.4 Å². The van der Waals surface area contributed by atoms with E-state index >= 15 is 0 Å². The van der Waals surface area contributed by atoms with Crippen molar-refractivity contribution in [2.24, 2.45) is 4.99 Å². The van der Waals surface area contributed by atoms with E-state index in [1.807, 2.05) is 18.2 Å². The van der Waals surface area contributed by atoms with Gasteiger partial charge in [-0.15, -0.1) is 0 Å². The van der Waals surface area contributed by atoms with E-state index in [0.717, 1.165) is 29.9 Å². The molecule has 0 atom stereocenters. The molecule has 0 amide bonds. The third kappa shape index (κ3) is 5.99. The number of benzene rings is 1. The number of nitrogens with zero attached hydrogens (tertiary/aromatic N) is 2. The van der Waals surface area contributed by atoms with Crippen molar-refractivity contribution in [1.82, 2.24) is 15.5 Å². The second kappa shape index (κ2) is 11.1. The molecule has 1 saturated carbocycles. The second-order valence-electron chi connectivity index (χ2n) is 7.80. The fourth-order valence-electron chi connectivity index (χ4n) is 4.28. The van der Waals surface area contributed by atoms with Crippen molar-refractivity contribution in [3.05, 3.63) is 42.5 Å². The summed E-state index contributed by atoms with van der Waals surface area (Å²) in [4.78, 5) is 7.53. The smallest absolute Gasteiger partial charge is 0.191 e. The first-order chi connectivity index (χ1) is 13.8. The molecular formula is C23H36N4O. The third-order valence-corrected chi connectivity index (χ3v) is 5.79. The zero-order valence-electron chi connectivity index (χ0n) is 17.3. The summed E-state index contributed by atoms with van der Waals surface area (Å²) in [7, 11) is 0. The molecule has 1 aliphatic carbocycles. The number of nitrogens with one attached hydrogen (secondary N) is 2. The Morgan fingerprint density at radius 3 is 2.68 bits per heavy atom. The summed E-state index contributed by atoms with van der Waals surface area (Å²) in [6.07, 6.45) is 9.78. The van der Waals surface area contributed by atoms with Crippen LogP contribution in [0.15, 0.2) is 41.9 Å². The van der Waals surface area contributed by atoms with E-state index in [9.17, 15) is 0 Å². The molecule has 5 nitrogen and oxygen atoms in total. The Bertz CT molecular complexity index is 631. The molecule has 1 saturated heterocycles. The quantitative estimate of drug-likeness (QED) is 0.407. The van der Waals surface area contributed by atoms with Crippen LogP contribution in [0.2, 0.25) is 0 Å². The average molecular weight is 385 g/mol. The molecule has 0 aromatic heterocycles. The molecule has 5 heteroatoms. The SMILES string of the molecule is C=CCOc1ccccc1CN=C(NCC)NC1CCN(C2CCCC2)CC1. The van der Waals surface area contributed by atoms with Crippen LogP contribution in [0.4, 0.5) is 0 Å². The number of rotatable bonds is 8. The molecule has 0 unspecified atom stereocenters. The van der Waals surface area contributed by atoms with Crippen LogP contribution >= 0.6 is 0 Å². The van der Waals surface area contributed by atoms with Crippen molar-refractivity contribution >= 4 is 5.96 Å². The molecule has 28 heavy (non-hydrogen) atoms. The van der Waals surface area contributed by atoms with E-state index in [1.165, 1.54) is 51.6 Å². The monoisotopic (exact) mass is 384 g/mol. The van der Waals surface area contributed by atoms with Gasteiger partial charge in [0, 0.05) is 37.3 Å². The van der Waals surface area contributed by atoms with E-state index in [0.29, 0.717) is 19.2 Å².